The van der Waals surface area contributed by atoms with Gasteiger partial charge in [-0.1, -0.05) is 31.2 Å². The third-order valence-corrected chi connectivity index (χ3v) is 11.2. The van der Waals surface area contributed by atoms with Crippen LogP contribution in [0.1, 0.15) is 26.3 Å². The van der Waals surface area contributed by atoms with E-state index in [0.717, 1.165) is 11.6 Å². The van der Waals surface area contributed by atoms with E-state index in [-0.39, 0.29) is 18.3 Å². The molecule has 1 aliphatic rings. The van der Waals surface area contributed by atoms with Gasteiger partial charge < -0.3 is 17.4 Å². The Bertz CT molecular complexity index is 594. The first-order valence-corrected chi connectivity index (χ1v) is 18.2. The highest BCUT2D eigenvalue weighted by Gasteiger charge is 2.57. The van der Waals surface area contributed by atoms with Crippen LogP contribution >= 0.6 is 0 Å². The molecule has 0 aromatic heterocycles. The summed E-state index contributed by atoms with van der Waals surface area (Å²) in [6, 6.07) is 8.57. The number of benzene rings is 1. The van der Waals surface area contributed by atoms with Gasteiger partial charge in [0.2, 0.25) is 0 Å². The maximum absolute atomic E-state index is 6.63. The minimum Gasteiger partial charge on any atom is -0.413 e. The van der Waals surface area contributed by atoms with Crippen molar-refractivity contribution in [2.75, 3.05) is 0 Å². The second-order valence-electron chi connectivity index (χ2n) is 9.16. The number of aryl methyl sites for hydroxylation is 1. The second kappa shape index (κ2) is 7.99. The van der Waals surface area contributed by atoms with E-state index >= 15 is 0 Å². The summed E-state index contributed by atoms with van der Waals surface area (Å²) in [5.74, 6) is 0. The molecule has 4 unspecified atom stereocenters. The second-order valence-corrected chi connectivity index (χ2v) is 20.8. The normalized spacial score (nSPS) is 28.3. The van der Waals surface area contributed by atoms with Crippen LogP contribution in [-0.2, 0) is 23.8 Å². The van der Waals surface area contributed by atoms with E-state index < -0.39 is 25.4 Å². The summed E-state index contributed by atoms with van der Waals surface area (Å²) in [6.45, 7) is 19.5. The monoisotopic (exact) mass is 412 g/mol. The summed E-state index contributed by atoms with van der Waals surface area (Å²) >= 11 is 0. The minimum absolute atomic E-state index is 0.00816. The zero-order chi connectivity index (χ0) is 19.8. The number of rotatable bonds is 7. The van der Waals surface area contributed by atoms with E-state index in [9.17, 15) is 0 Å². The lowest BCUT2D eigenvalue weighted by Crippen LogP contribution is -2.59. The maximum Gasteiger partial charge on any atom is 0.527 e. The quantitative estimate of drug-likeness (QED) is 0.626. The lowest BCUT2D eigenvalue weighted by molar-refractivity contribution is 0.0441. The summed E-state index contributed by atoms with van der Waals surface area (Å²) in [7, 11) is -6.46. The molecule has 4 atom stereocenters. The average molecular weight is 413 g/mol. The predicted octanol–water partition coefficient (Wildman–Crippen LogP) is 4.29. The van der Waals surface area contributed by atoms with Gasteiger partial charge in [0.15, 0.2) is 16.6 Å². The van der Waals surface area contributed by atoms with E-state index in [1.807, 2.05) is 0 Å². The van der Waals surface area contributed by atoms with Crippen molar-refractivity contribution in [3.05, 3.63) is 29.8 Å². The third kappa shape index (κ3) is 5.60. The first-order chi connectivity index (χ1) is 11.9. The molecule has 1 fully saturated rings. The van der Waals surface area contributed by atoms with Crippen LogP contribution in [0.4, 0.5) is 0 Å². The first-order valence-electron chi connectivity index (χ1n) is 9.68. The van der Waals surface area contributed by atoms with Gasteiger partial charge in [-0.15, -0.1) is 0 Å². The van der Waals surface area contributed by atoms with Gasteiger partial charge in [0, 0.05) is 5.19 Å². The van der Waals surface area contributed by atoms with Gasteiger partial charge in [-0.2, -0.15) is 0 Å². The summed E-state index contributed by atoms with van der Waals surface area (Å²) in [4.78, 5) is 0. The molecule has 0 N–H and O–H groups in total. The molecule has 1 heterocycles. The van der Waals surface area contributed by atoms with Crippen LogP contribution in [0.2, 0.25) is 39.3 Å². The zero-order valence-electron chi connectivity index (χ0n) is 17.9. The molecule has 0 spiro atoms. The van der Waals surface area contributed by atoms with Gasteiger partial charge in [-0.05, 0) is 65.1 Å². The fraction of sp³-hybridized carbons (Fsp3) is 0.684. The minimum atomic E-state index is -2.95. The largest absolute Gasteiger partial charge is 0.527 e. The van der Waals surface area contributed by atoms with E-state index in [2.05, 4.69) is 84.3 Å². The molecule has 0 amide bonds. The Kier molecular flexibility index (Phi) is 6.76. The van der Waals surface area contributed by atoms with E-state index in [0.29, 0.717) is 0 Å². The van der Waals surface area contributed by atoms with Crippen molar-refractivity contribution in [2.45, 2.75) is 84.8 Å². The van der Waals surface area contributed by atoms with Crippen LogP contribution < -0.4 is 5.19 Å². The van der Waals surface area contributed by atoms with Crippen LogP contribution in [0, 0.1) is 0 Å². The number of hydrogen-bond donors (Lipinski definition) is 0. The highest BCUT2D eigenvalue weighted by atomic mass is 28.5. The molecule has 1 aromatic rings. The number of hydrogen-bond acceptors (Lipinski definition) is 4. The smallest absolute Gasteiger partial charge is 0.413 e. The Hall–Kier alpha value is -0.289. The van der Waals surface area contributed by atoms with Crippen molar-refractivity contribution in [3.8, 4) is 0 Å². The van der Waals surface area contributed by atoms with E-state index in [1.54, 1.807) is 0 Å². The summed E-state index contributed by atoms with van der Waals surface area (Å²) in [5.41, 5.74) is 1.31. The standard InChI is InChI=1S/C19H36O4Si3/c1-10-17-11-13-18(14-12-17)26(23-25(7,8)9)21-16(3)19(22-26)15(2)20-24(4,5)6/h11-16,19H,10H2,1-9H3. The Labute approximate surface area is 162 Å². The Morgan fingerprint density at radius 1 is 1.00 bits per heavy atom. The van der Waals surface area contributed by atoms with Crippen LogP contribution in [0.5, 0.6) is 0 Å². The third-order valence-electron chi connectivity index (χ3n) is 4.25. The Morgan fingerprint density at radius 2 is 1.58 bits per heavy atom. The fourth-order valence-electron chi connectivity index (χ4n) is 3.31. The molecule has 0 radical (unpaired) electrons. The first kappa shape index (κ1) is 22.0. The molecule has 7 heteroatoms. The molecule has 26 heavy (non-hydrogen) atoms. The topological polar surface area (TPSA) is 36.9 Å². The summed E-state index contributed by atoms with van der Waals surface area (Å²) < 4.78 is 26.0. The Morgan fingerprint density at radius 3 is 2.04 bits per heavy atom. The van der Waals surface area contributed by atoms with Crippen LogP contribution in [-0.4, -0.2) is 43.8 Å². The van der Waals surface area contributed by atoms with Gasteiger partial charge in [0.25, 0.3) is 0 Å². The lowest BCUT2D eigenvalue weighted by Gasteiger charge is -2.32. The van der Waals surface area contributed by atoms with Crippen molar-refractivity contribution in [1.29, 1.82) is 0 Å². The molecule has 0 bridgehead atoms. The van der Waals surface area contributed by atoms with Gasteiger partial charge >= 0.3 is 8.80 Å². The molecule has 1 aliphatic heterocycles. The van der Waals surface area contributed by atoms with Crippen LogP contribution in [0.25, 0.3) is 0 Å². The van der Waals surface area contributed by atoms with Crippen molar-refractivity contribution in [2.24, 2.45) is 0 Å². The molecule has 1 aromatic carbocycles. The molecule has 2 rings (SSSR count). The zero-order valence-corrected chi connectivity index (χ0v) is 20.9. The van der Waals surface area contributed by atoms with E-state index in [4.69, 9.17) is 17.4 Å². The van der Waals surface area contributed by atoms with E-state index in [1.165, 1.54) is 5.56 Å². The Balaban J connectivity index is 2.33. The highest BCUT2D eigenvalue weighted by Crippen LogP contribution is 2.32. The molecular weight excluding hydrogens is 376 g/mol. The van der Waals surface area contributed by atoms with Crippen LogP contribution in [0.15, 0.2) is 24.3 Å². The SMILES string of the molecule is CCc1ccc([Si]2(O[Si](C)(C)C)OC(C)C(C(C)O[Si](C)(C)C)O2)cc1. The summed E-state index contributed by atoms with van der Waals surface area (Å²) in [6.07, 6.45) is 0.864. The van der Waals surface area contributed by atoms with Gasteiger partial charge in [0.1, 0.15) is 0 Å². The molecule has 148 valence electrons. The maximum atomic E-state index is 6.63. The molecule has 0 aliphatic carbocycles. The highest BCUT2D eigenvalue weighted by molar-refractivity contribution is 6.86. The van der Waals surface area contributed by atoms with Gasteiger partial charge in [-0.25, -0.2) is 0 Å². The van der Waals surface area contributed by atoms with Gasteiger partial charge in [-0.3, -0.25) is 0 Å². The van der Waals surface area contributed by atoms with Crippen LogP contribution in [0.3, 0.4) is 0 Å². The van der Waals surface area contributed by atoms with Crippen molar-refractivity contribution < 1.29 is 17.4 Å². The van der Waals surface area contributed by atoms with Crippen molar-refractivity contribution >= 4 is 30.6 Å². The molecular formula is C19H36O4Si3. The van der Waals surface area contributed by atoms with Gasteiger partial charge in [0.05, 0.1) is 18.3 Å². The molecule has 4 nitrogen and oxygen atoms in total. The lowest BCUT2D eigenvalue weighted by atomic mass is 10.1. The predicted molar refractivity (Wildman–Crippen MR) is 115 cm³/mol. The average Bonchev–Trinajstić information content (AvgIpc) is 2.81. The van der Waals surface area contributed by atoms with Crippen molar-refractivity contribution in [1.82, 2.24) is 0 Å². The molecule has 0 saturated carbocycles. The van der Waals surface area contributed by atoms with Crippen molar-refractivity contribution in [3.63, 3.8) is 0 Å². The molecule has 1 saturated heterocycles. The fourth-order valence-corrected chi connectivity index (χ4v) is 10.9. The summed E-state index contributed by atoms with van der Waals surface area (Å²) in [5, 5.41) is 1.06.